The molecule has 19 heavy (non-hydrogen) atoms. The van der Waals surface area contributed by atoms with Gasteiger partial charge in [0, 0.05) is 13.6 Å². The fourth-order valence-electron chi connectivity index (χ4n) is 1.30. The third-order valence-electron chi connectivity index (χ3n) is 2.25. The maximum Gasteiger partial charge on any atom is 0.307 e. The highest BCUT2D eigenvalue weighted by molar-refractivity contribution is 6.34. The van der Waals surface area contributed by atoms with E-state index in [2.05, 4.69) is 10.2 Å². The molecule has 0 atom stereocenters. The fourth-order valence-corrected chi connectivity index (χ4v) is 1.62. The van der Waals surface area contributed by atoms with E-state index in [1.54, 1.807) is 14.0 Å². The summed E-state index contributed by atoms with van der Waals surface area (Å²) < 4.78 is 4.77. The predicted molar refractivity (Wildman–Crippen MR) is 70.3 cm³/mol. The number of hydrogen-bond donors (Lipinski definition) is 0. The molecule has 0 saturated carbocycles. The maximum absolute atomic E-state index is 12.1. The quantitative estimate of drug-likeness (QED) is 0.776. The summed E-state index contributed by atoms with van der Waals surface area (Å²) >= 11 is 11.4. The van der Waals surface area contributed by atoms with Crippen molar-refractivity contribution in [3.8, 4) is 0 Å². The monoisotopic (exact) mass is 305 g/mol. The minimum absolute atomic E-state index is 0.0302. The van der Waals surface area contributed by atoms with Crippen molar-refractivity contribution in [3.63, 3.8) is 0 Å². The number of ether oxygens (including phenoxy) is 1. The van der Waals surface area contributed by atoms with Crippen molar-refractivity contribution in [2.75, 3.05) is 20.2 Å². The zero-order valence-electron chi connectivity index (χ0n) is 10.5. The van der Waals surface area contributed by atoms with E-state index in [0.717, 1.165) is 0 Å². The lowest BCUT2D eigenvalue weighted by molar-refractivity contribution is -0.143. The number of hydrogen-bond acceptors (Lipinski definition) is 5. The Morgan fingerprint density at radius 2 is 2.05 bits per heavy atom. The molecule has 0 aliphatic rings. The first-order valence-corrected chi connectivity index (χ1v) is 6.31. The van der Waals surface area contributed by atoms with Gasteiger partial charge in [0.15, 0.2) is 10.3 Å². The number of carbonyl (C=O) groups is 2. The van der Waals surface area contributed by atoms with Crippen molar-refractivity contribution in [2.45, 2.75) is 13.3 Å². The average Bonchev–Trinajstić information content (AvgIpc) is 2.38. The molecule has 1 aromatic rings. The van der Waals surface area contributed by atoms with Crippen molar-refractivity contribution in [1.29, 1.82) is 0 Å². The van der Waals surface area contributed by atoms with E-state index >= 15 is 0 Å². The van der Waals surface area contributed by atoms with Crippen molar-refractivity contribution in [2.24, 2.45) is 0 Å². The highest BCUT2D eigenvalue weighted by atomic mass is 35.5. The molecule has 0 bridgehead atoms. The molecule has 0 saturated heterocycles. The van der Waals surface area contributed by atoms with Crippen LogP contribution in [-0.4, -0.2) is 47.2 Å². The van der Waals surface area contributed by atoms with Gasteiger partial charge in [0.05, 0.1) is 18.6 Å². The molecule has 0 N–H and O–H groups in total. The second kappa shape index (κ2) is 7.25. The number of amides is 1. The summed E-state index contributed by atoms with van der Waals surface area (Å²) in [6.45, 7) is 2.25. The molecule has 6 nitrogen and oxygen atoms in total. The summed E-state index contributed by atoms with van der Waals surface area (Å²) in [5, 5.41) is 7.11. The van der Waals surface area contributed by atoms with Gasteiger partial charge < -0.3 is 9.64 Å². The molecule has 0 aromatic carbocycles. The Labute approximate surface area is 120 Å². The van der Waals surface area contributed by atoms with E-state index < -0.39 is 0 Å². The van der Waals surface area contributed by atoms with E-state index in [4.69, 9.17) is 27.9 Å². The smallest absolute Gasteiger partial charge is 0.307 e. The Kier molecular flexibility index (Phi) is 5.98. The molecule has 0 unspecified atom stereocenters. The number of aromatic nitrogens is 2. The molecule has 1 heterocycles. The number of carbonyl (C=O) groups excluding carboxylic acids is 2. The van der Waals surface area contributed by atoms with Gasteiger partial charge in [-0.3, -0.25) is 9.59 Å². The summed E-state index contributed by atoms with van der Waals surface area (Å²) in [4.78, 5) is 24.6. The number of nitrogens with zero attached hydrogens (tertiary/aromatic N) is 3. The third kappa shape index (κ3) is 4.65. The van der Waals surface area contributed by atoms with Gasteiger partial charge in [0.1, 0.15) is 0 Å². The lowest BCUT2D eigenvalue weighted by atomic mass is 10.2. The number of halogens is 2. The second-order valence-electron chi connectivity index (χ2n) is 3.65. The molecule has 1 amide bonds. The standard InChI is InChI=1S/C11H13Cl2N3O3/c1-3-19-9(17)4-5-16(2)11(18)7-6-8(12)14-15-10(7)13/h6H,3-5H2,1-2H3. The molecule has 0 aliphatic carbocycles. The van der Waals surface area contributed by atoms with Gasteiger partial charge in [0.2, 0.25) is 0 Å². The largest absolute Gasteiger partial charge is 0.466 e. The molecule has 0 fully saturated rings. The van der Waals surface area contributed by atoms with E-state index in [9.17, 15) is 9.59 Å². The fraction of sp³-hybridized carbons (Fsp3) is 0.455. The Bertz CT molecular complexity index is 482. The first-order valence-electron chi connectivity index (χ1n) is 5.55. The van der Waals surface area contributed by atoms with Gasteiger partial charge in [-0.25, -0.2) is 0 Å². The van der Waals surface area contributed by atoms with Crippen LogP contribution in [0.15, 0.2) is 6.07 Å². The minimum atomic E-state index is -0.383. The molecule has 1 rings (SSSR count). The Hall–Kier alpha value is -1.40. The lowest BCUT2D eigenvalue weighted by Crippen LogP contribution is -2.30. The van der Waals surface area contributed by atoms with Crippen molar-refractivity contribution in [1.82, 2.24) is 15.1 Å². The first-order chi connectivity index (χ1) is 8.95. The third-order valence-corrected chi connectivity index (χ3v) is 2.72. The molecule has 1 aromatic heterocycles. The molecule has 0 spiro atoms. The zero-order valence-corrected chi connectivity index (χ0v) is 12.0. The van der Waals surface area contributed by atoms with Crippen LogP contribution in [0.2, 0.25) is 10.3 Å². The van der Waals surface area contributed by atoms with E-state index in [0.29, 0.717) is 6.61 Å². The minimum Gasteiger partial charge on any atom is -0.466 e. The second-order valence-corrected chi connectivity index (χ2v) is 4.40. The van der Waals surface area contributed by atoms with Crippen LogP contribution >= 0.6 is 23.2 Å². The van der Waals surface area contributed by atoms with Crippen LogP contribution in [0.3, 0.4) is 0 Å². The summed E-state index contributed by atoms with van der Waals surface area (Å²) in [5.41, 5.74) is 0.146. The summed E-state index contributed by atoms with van der Waals surface area (Å²) in [6, 6.07) is 1.33. The van der Waals surface area contributed by atoms with Gasteiger partial charge >= 0.3 is 5.97 Å². The molecular weight excluding hydrogens is 293 g/mol. The van der Waals surface area contributed by atoms with Gasteiger partial charge in [-0.1, -0.05) is 23.2 Å². The van der Waals surface area contributed by atoms with Crippen molar-refractivity contribution < 1.29 is 14.3 Å². The summed E-state index contributed by atoms with van der Waals surface area (Å²) in [7, 11) is 1.55. The van der Waals surface area contributed by atoms with Gasteiger partial charge in [-0.2, -0.15) is 0 Å². The first kappa shape index (κ1) is 15.7. The highest BCUT2D eigenvalue weighted by Gasteiger charge is 2.18. The van der Waals surface area contributed by atoms with Gasteiger partial charge in [-0.15, -0.1) is 10.2 Å². The van der Waals surface area contributed by atoms with Crippen LogP contribution in [-0.2, 0) is 9.53 Å². The average molecular weight is 306 g/mol. The van der Waals surface area contributed by atoms with Crippen LogP contribution in [0.5, 0.6) is 0 Å². The van der Waals surface area contributed by atoms with E-state index in [-0.39, 0.29) is 40.7 Å². The highest BCUT2D eigenvalue weighted by Crippen LogP contribution is 2.17. The lowest BCUT2D eigenvalue weighted by Gasteiger charge is -2.16. The molecule has 0 aliphatic heterocycles. The van der Waals surface area contributed by atoms with Crippen LogP contribution in [0.25, 0.3) is 0 Å². The summed E-state index contributed by atoms with van der Waals surface area (Å²) in [5.74, 6) is -0.745. The summed E-state index contributed by atoms with van der Waals surface area (Å²) in [6.07, 6.45) is 0.111. The van der Waals surface area contributed by atoms with Crippen LogP contribution < -0.4 is 0 Å². The Morgan fingerprint density at radius 3 is 2.68 bits per heavy atom. The van der Waals surface area contributed by atoms with Crippen molar-refractivity contribution in [3.05, 3.63) is 21.9 Å². The molecule has 104 valence electrons. The number of esters is 1. The molecular formula is C11H13Cl2N3O3. The predicted octanol–water partition coefficient (Wildman–Crippen LogP) is 1.81. The molecule has 0 radical (unpaired) electrons. The van der Waals surface area contributed by atoms with Crippen LogP contribution in [0.4, 0.5) is 0 Å². The Balaban J connectivity index is 2.66. The van der Waals surface area contributed by atoms with E-state index in [1.165, 1.54) is 11.0 Å². The van der Waals surface area contributed by atoms with Crippen molar-refractivity contribution >= 4 is 35.1 Å². The van der Waals surface area contributed by atoms with E-state index in [1.807, 2.05) is 0 Å². The normalized spacial score (nSPS) is 10.1. The van der Waals surface area contributed by atoms with Crippen LogP contribution in [0.1, 0.15) is 23.7 Å². The SMILES string of the molecule is CCOC(=O)CCN(C)C(=O)c1cc(Cl)nnc1Cl. The zero-order chi connectivity index (χ0) is 14.4. The van der Waals surface area contributed by atoms with Crippen LogP contribution in [0, 0.1) is 0 Å². The molecule has 8 heteroatoms. The van der Waals surface area contributed by atoms with Gasteiger partial charge in [0.25, 0.3) is 5.91 Å². The maximum atomic E-state index is 12.1. The van der Waals surface area contributed by atoms with Gasteiger partial charge in [-0.05, 0) is 13.0 Å². The topological polar surface area (TPSA) is 72.4 Å². The Morgan fingerprint density at radius 1 is 1.37 bits per heavy atom. The number of rotatable bonds is 5.